The van der Waals surface area contributed by atoms with Gasteiger partial charge in [-0.2, -0.15) is 5.26 Å². The summed E-state index contributed by atoms with van der Waals surface area (Å²) in [6.07, 6.45) is 7.38. The van der Waals surface area contributed by atoms with Crippen LogP contribution in [0.3, 0.4) is 0 Å². The van der Waals surface area contributed by atoms with Gasteiger partial charge in [0.25, 0.3) is 0 Å². The second kappa shape index (κ2) is 4.89. The largest absolute Gasteiger partial charge is 0.298 e. The molecule has 0 aliphatic heterocycles. The molecule has 1 aromatic heterocycles. The number of rotatable bonds is 3. The van der Waals surface area contributed by atoms with Gasteiger partial charge >= 0.3 is 0 Å². The highest BCUT2D eigenvalue weighted by atomic mass is 16.1. The molecule has 1 aliphatic carbocycles. The lowest BCUT2D eigenvalue weighted by atomic mass is 9.88. The molecule has 1 heterocycles. The van der Waals surface area contributed by atoms with Gasteiger partial charge in [0.1, 0.15) is 5.92 Å². The summed E-state index contributed by atoms with van der Waals surface area (Å²) in [5.74, 6) is -0.421. The van der Waals surface area contributed by atoms with Gasteiger partial charge in [0.05, 0.1) is 6.07 Å². The minimum absolute atomic E-state index is 0.0891. The van der Waals surface area contributed by atoms with Crippen molar-refractivity contribution in [3.05, 3.63) is 30.1 Å². The summed E-state index contributed by atoms with van der Waals surface area (Å²) in [6, 6.07) is 5.62. The molecule has 1 aromatic rings. The number of hydrogen-bond acceptors (Lipinski definition) is 3. The van der Waals surface area contributed by atoms with Gasteiger partial charge < -0.3 is 0 Å². The van der Waals surface area contributed by atoms with E-state index in [9.17, 15) is 4.79 Å². The molecule has 0 amide bonds. The first-order chi connectivity index (χ1) is 7.83. The lowest BCUT2D eigenvalue weighted by Gasteiger charge is -2.12. The standard InChI is InChI=1S/C13H14N2O/c14-9-12(10-5-7-15-8-6-10)13(16)11-3-1-2-4-11/h5-8,11-12H,1-4H2. The Bertz CT molecular complexity index is 402. The molecule has 1 atom stereocenters. The molecule has 1 fully saturated rings. The van der Waals surface area contributed by atoms with Crippen molar-refractivity contribution in [3.8, 4) is 6.07 Å². The number of ketones is 1. The number of carbonyl (C=O) groups excluding carboxylic acids is 1. The highest BCUT2D eigenvalue weighted by Gasteiger charge is 2.30. The van der Waals surface area contributed by atoms with Crippen LogP contribution in [-0.2, 0) is 4.79 Å². The summed E-state index contributed by atoms with van der Waals surface area (Å²) in [7, 11) is 0. The van der Waals surface area contributed by atoms with Gasteiger partial charge in [-0.05, 0) is 30.5 Å². The molecule has 0 bridgehead atoms. The van der Waals surface area contributed by atoms with Crippen molar-refractivity contribution in [3.63, 3.8) is 0 Å². The van der Waals surface area contributed by atoms with Crippen LogP contribution in [0.25, 0.3) is 0 Å². The summed E-state index contributed by atoms with van der Waals surface area (Å²) in [5, 5.41) is 9.12. The summed E-state index contributed by atoms with van der Waals surface area (Å²) < 4.78 is 0. The van der Waals surface area contributed by atoms with E-state index < -0.39 is 5.92 Å². The highest BCUT2D eigenvalue weighted by molar-refractivity contribution is 5.90. The Balaban J connectivity index is 2.17. The number of hydrogen-bond donors (Lipinski definition) is 0. The monoisotopic (exact) mass is 214 g/mol. The van der Waals surface area contributed by atoms with Crippen LogP contribution in [0.4, 0.5) is 0 Å². The Morgan fingerprint density at radius 3 is 2.56 bits per heavy atom. The zero-order valence-corrected chi connectivity index (χ0v) is 9.10. The van der Waals surface area contributed by atoms with Crippen LogP contribution >= 0.6 is 0 Å². The lowest BCUT2D eigenvalue weighted by Crippen LogP contribution is -2.19. The van der Waals surface area contributed by atoms with Crippen LogP contribution in [0.5, 0.6) is 0 Å². The molecule has 16 heavy (non-hydrogen) atoms. The second-order valence-electron chi connectivity index (χ2n) is 4.23. The van der Waals surface area contributed by atoms with Crippen molar-refractivity contribution in [1.29, 1.82) is 5.26 Å². The van der Waals surface area contributed by atoms with E-state index in [1.54, 1.807) is 24.5 Å². The molecule has 0 saturated heterocycles. The number of nitriles is 1. The fraction of sp³-hybridized carbons (Fsp3) is 0.462. The average molecular weight is 214 g/mol. The fourth-order valence-corrected chi connectivity index (χ4v) is 2.30. The fourth-order valence-electron chi connectivity index (χ4n) is 2.30. The molecule has 3 nitrogen and oxygen atoms in total. The maximum Gasteiger partial charge on any atom is 0.157 e. The van der Waals surface area contributed by atoms with Crippen molar-refractivity contribution in [2.75, 3.05) is 0 Å². The maximum atomic E-state index is 12.1. The van der Waals surface area contributed by atoms with Crippen molar-refractivity contribution >= 4 is 5.78 Å². The van der Waals surface area contributed by atoms with Gasteiger partial charge in [0, 0.05) is 18.3 Å². The number of pyridine rings is 1. The summed E-state index contributed by atoms with van der Waals surface area (Å²) in [4.78, 5) is 16.0. The van der Waals surface area contributed by atoms with E-state index in [0.29, 0.717) is 0 Å². The quantitative estimate of drug-likeness (QED) is 0.776. The molecule has 1 aliphatic rings. The summed E-state index contributed by atoms with van der Waals surface area (Å²) >= 11 is 0. The molecule has 0 N–H and O–H groups in total. The molecule has 1 unspecified atom stereocenters. The van der Waals surface area contributed by atoms with Crippen LogP contribution in [0, 0.1) is 17.2 Å². The minimum atomic E-state index is -0.605. The van der Waals surface area contributed by atoms with Gasteiger partial charge in [-0.25, -0.2) is 0 Å². The van der Waals surface area contributed by atoms with E-state index in [-0.39, 0.29) is 11.7 Å². The topological polar surface area (TPSA) is 53.8 Å². The van der Waals surface area contributed by atoms with Gasteiger partial charge in [0.2, 0.25) is 0 Å². The van der Waals surface area contributed by atoms with Crippen LogP contribution in [0.2, 0.25) is 0 Å². The summed E-state index contributed by atoms with van der Waals surface area (Å²) in [6.45, 7) is 0. The third-order valence-corrected chi connectivity index (χ3v) is 3.21. The van der Waals surface area contributed by atoms with Gasteiger partial charge in [-0.15, -0.1) is 0 Å². The number of aromatic nitrogens is 1. The average Bonchev–Trinajstić information content (AvgIpc) is 2.85. The molecular weight excluding hydrogens is 200 g/mol. The van der Waals surface area contributed by atoms with Crippen molar-refractivity contribution in [2.45, 2.75) is 31.6 Å². The number of Topliss-reactive ketones (excluding diaryl/α,β-unsaturated/α-hetero) is 1. The highest BCUT2D eigenvalue weighted by Crippen LogP contribution is 2.30. The van der Waals surface area contributed by atoms with E-state index in [4.69, 9.17) is 5.26 Å². The van der Waals surface area contributed by atoms with Crippen LogP contribution in [0.15, 0.2) is 24.5 Å². The van der Waals surface area contributed by atoms with E-state index >= 15 is 0 Å². The first-order valence-corrected chi connectivity index (χ1v) is 5.66. The maximum absolute atomic E-state index is 12.1. The van der Waals surface area contributed by atoms with Gasteiger partial charge in [-0.1, -0.05) is 12.8 Å². The van der Waals surface area contributed by atoms with Gasteiger partial charge in [0.15, 0.2) is 5.78 Å². The zero-order valence-electron chi connectivity index (χ0n) is 9.10. The normalized spacial score (nSPS) is 17.9. The predicted octanol–water partition coefficient (Wildman–Crippen LogP) is 2.45. The third kappa shape index (κ3) is 2.11. The second-order valence-corrected chi connectivity index (χ2v) is 4.23. The molecule has 0 aromatic carbocycles. The minimum Gasteiger partial charge on any atom is -0.298 e. The first kappa shape index (κ1) is 10.8. The molecule has 2 rings (SSSR count). The zero-order chi connectivity index (χ0) is 11.4. The van der Waals surface area contributed by atoms with Crippen LogP contribution in [0.1, 0.15) is 37.2 Å². The molecule has 3 heteroatoms. The molecule has 0 spiro atoms. The Morgan fingerprint density at radius 1 is 1.38 bits per heavy atom. The van der Waals surface area contributed by atoms with Crippen molar-refractivity contribution in [2.24, 2.45) is 5.92 Å². The van der Waals surface area contributed by atoms with Crippen LogP contribution in [-0.4, -0.2) is 10.8 Å². The first-order valence-electron chi connectivity index (χ1n) is 5.66. The predicted molar refractivity (Wildman–Crippen MR) is 59.6 cm³/mol. The van der Waals surface area contributed by atoms with E-state index in [0.717, 1.165) is 31.2 Å². The van der Waals surface area contributed by atoms with Crippen molar-refractivity contribution in [1.82, 2.24) is 4.98 Å². The number of nitrogens with zero attached hydrogens (tertiary/aromatic N) is 2. The SMILES string of the molecule is N#CC(C(=O)C1CCCC1)c1ccncc1. The molecule has 82 valence electrons. The smallest absolute Gasteiger partial charge is 0.157 e. The van der Waals surface area contributed by atoms with Crippen molar-refractivity contribution < 1.29 is 4.79 Å². The Morgan fingerprint density at radius 2 is 2.00 bits per heavy atom. The Labute approximate surface area is 95.1 Å². The summed E-state index contributed by atoms with van der Waals surface area (Å²) in [5.41, 5.74) is 0.773. The third-order valence-electron chi connectivity index (χ3n) is 3.21. The number of carbonyl (C=O) groups is 1. The Kier molecular flexibility index (Phi) is 3.31. The molecule has 0 radical (unpaired) electrons. The lowest BCUT2D eigenvalue weighted by molar-refractivity contribution is -0.123. The van der Waals surface area contributed by atoms with Crippen LogP contribution < -0.4 is 0 Å². The van der Waals surface area contributed by atoms with E-state index in [2.05, 4.69) is 11.1 Å². The Hall–Kier alpha value is -1.69. The molecule has 1 saturated carbocycles. The van der Waals surface area contributed by atoms with Gasteiger partial charge in [-0.3, -0.25) is 9.78 Å². The molecular formula is C13H14N2O. The van der Waals surface area contributed by atoms with E-state index in [1.807, 2.05) is 0 Å². The van der Waals surface area contributed by atoms with E-state index in [1.165, 1.54) is 0 Å².